The van der Waals surface area contributed by atoms with E-state index in [1.807, 2.05) is 24.0 Å². The molecule has 0 radical (unpaired) electrons. The highest BCUT2D eigenvalue weighted by Gasteiger charge is 2.36. The minimum atomic E-state index is -2.65. The first-order chi connectivity index (χ1) is 18.2. The molecule has 1 aromatic carbocycles. The Labute approximate surface area is 220 Å². The fourth-order valence-corrected chi connectivity index (χ4v) is 6.13. The minimum Gasteiger partial charge on any atom is -0.385 e. The maximum atomic E-state index is 13.8. The molecule has 206 valence electrons. The number of aryl methyl sites for hydroxylation is 1. The zero-order valence-electron chi connectivity index (χ0n) is 22.4. The van der Waals surface area contributed by atoms with E-state index in [-0.39, 0.29) is 30.3 Å². The van der Waals surface area contributed by atoms with Crippen LogP contribution in [0, 0.1) is 6.92 Å². The van der Waals surface area contributed by atoms with E-state index in [0.717, 1.165) is 38.1 Å². The van der Waals surface area contributed by atoms with Gasteiger partial charge >= 0.3 is 0 Å². The molecule has 1 unspecified atom stereocenters. The second-order valence-electron chi connectivity index (χ2n) is 10.8. The number of hydrogen-bond acceptors (Lipinski definition) is 5. The zero-order chi connectivity index (χ0) is 27.0. The highest BCUT2D eigenvalue weighted by Crippen LogP contribution is 2.40. The third-order valence-corrected chi connectivity index (χ3v) is 8.42. The Morgan fingerprint density at radius 3 is 2.55 bits per heavy atom. The van der Waals surface area contributed by atoms with Gasteiger partial charge in [-0.1, -0.05) is 6.92 Å². The van der Waals surface area contributed by atoms with Gasteiger partial charge in [-0.3, -0.25) is 19.2 Å². The minimum absolute atomic E-state index is 0.0308. The van der Waals surface area contributed by atoms with Gasteiger partial charge in [0.15, 0.2) is 0 Å². The van der Waals surface area contributed by atoms with Crippen molar-refractivity contribution in [3.8, 4) is 0 Å². The summed E-state index contributed by atoms with van der Waals surface area (Å²) in [7, 11) is 1.72. The molecule has 8 nitrogen and oxygen atoms in total. The Morgan fingerprint density at radius 1 is 1.18 bits per heavy atom. The first-order valence-electron chi connectivity index (χ1n) is 13.7. The van der Waals surface area contributed by atoms with Crippen LogP contribution in [0.4, 0.5) is 8.78 Å². The van der Waals surface area contributed by atoms with Crippen molar-refractivity contribution in [3.05, 3.63) is 39.8 Å². The number of methoxy groups -OCH3 is 1. The smallest absolute Gasteiger partial charge is 0.259 e. The maximum Gasteiger partial charge on any atom is 0.259 e. The van der Waals surface area contributed by atoms with Gasteiger partial charge in [-0.25, -0.2) is 8.78 Å². The predicted octanol–water partition coefficient (Wildman–Crippen LogP) is 4.51. The summed E-state index contributed by atoms with van der Waals surface area (Å²) < 4.78 is 34.6. The van der Waals surface area contributed by atoms with Crippen molar-refractivity contribution in [1.29, 1.82) is 0 Å². The molecule has 1 atom stereocenters. The van der Waals surface area contributed by atoms with Crippen LogP contribution in [-0.4, -0.2) is 82.3 Å². The van der Waals surface area contributed by atoms with E-state index in [1.165, 1.54) is 6.20 Å². The summed E-state index contributed by atoms with van der Waals surface area (Å²) in [4.78, 5) is 33.8. The molecule has 1 N–H and O–H groups in total. The number of amides is 1. The van der Waals surface area contributed by atoms with Crippen LogP contribution in [0.1, 0.15) is 67.4 Å². The number of carbonyl (C=O) groups is 1. The summed E-state index contributed by atoms with van der Waals surface area (Å²) in [6, 6.07) is 3.92. The Hall–Kier alpha value is -2.85. The Kier molecular flexibility index (Phi) is 7.55. The number of nitrogens with one attached hydrogen (secondary N) is 1. The quantitative estimate of drug-likeness (QED) is 0.487. The average Bonchev–Trinajstić information content (AvgIpc) is 3.35. The SMILES string of the molecule is CCC(CCOC)N1CCN(C(=O)c2cc3c(cc2C)[nH]c(=O)c2cnn(C4CCC(F)(F)CC4)c23)CC1. The van der Waals surface area contributed by atoms with Crippen LogP contribution in [0.25, 0.3) is 21.8 Å². The van der Waals surface area contributed by atoms with Crippen LogP contribution in [0.5, 0.6) is 0 Å². The van der Waals surface area contributed by atoms with Gasteiger partial charge in [-0.2, -0.15) is 5.10 Å². The van der Waals surface area contributed by atoms with Crippen molar-refractivity contribution in [1.82, 2.24) is 24.6 Å². The molecule has 3 aromatic rings. The van der Waals surface area contributed by atoms with Crippen LogP contribution in [0.3, 0.4) is 0 Å². The summed E-state index contributed by atoms with van der Waals surface area (Å²) in [6.45, 7) is 7.72. The first kappa shape index (κ1) is 26.7. The van der Waals surface area contributed by atoms with Crippen LogP contribution >= 0.6 is 0 Å². The normalized spacial score (nSPS) is 19.9. The molecule has 3 heterocycles. The number of pyridine rings is 1. The van der Waals surface area contributed by atoms with E-state index in [4.69, 9.17) is 4.74 Å². The van der Waals surface area contributed by atoms with E-state index < -0.39 is 5.92 Å². The van der Waals surface area contributed by atoms with Crippen molar-refractivity contribution in [2.75, 3.05) is 39.9 Å². The monoisotopic (exact) mass is 529 g/mol. The Balaban J connectivity index is 1.44. The third-order valence-electron chi connectivity index (χ3n) is 8.42. The Bertz CT molecular complexity index is 1370. The molecule has 1 aliphatic heterocycles. The molecule has 1 saturated heterocycles. The largest absolute Gasteiger partial charge is 0.385 e. The van der Waals surface area contributed by atoms with Crippen LogP contribution in [0.2, 0.25) is 0 Å². The fraction of sp³-hybridized carbons (Fsp3) is 0.607. The third kappa shape index (κ3) is 5.08. The number of hydrogen-bond donors (Lipinski definition) is 1. The van der Waals surface area contributed by atoms with E-state index in [2.05, 4.69) is 21.9 Å². The standard InChI is InChI=1S/C28H37F2N5O3/c1-4-19(7-14-38-3)33-10-12-34(13-11-33)27(37)21-16-22-24(15-18(21)2)32-26(36)23-17-31-35(25(22)23)20-5-8-28(29,30)9-6-20/h15-17,19-20H,4-14H2,1-3H3,(H,32,36). The summed E-state index contributed by atoms with van der Waals surface area (Å²) in [6.07, 6.45) is 3.73. The number of H-pyrrole nitrogens is 1. The number of fused-ring (bicyclic) bond motifs is 3. The number of piperazine rings is 1. The van der Waals surface area contributed by atoms with Crippen molar-refractivity contribution in [2.45, 2.75) is 70.4 Å². The molecule has 2 aliphatic rings. The highest BCUT2D eigenvalue weighted by molar-refractivity contribution is 6.07. The number of ether oxygens (including phenoxy) is 1. The van der Waals surface area contributed by atoms with Crippen LogP contribution in [-0.2, 0) is 4.74 Å². The predicted molar refractivity (Wildman–Crippen MR) is 143 cm³/mol. The van der Waals surface area contributed by atoms with Gasteiger partial charge in [0.1, 0.15) is 0 Å². The molecule has 1 saturated carbocycles. The number of alkyl halides is 2. The number of nitrogens with zero attached hydrogens (tertiary/aromatic N) is 4. The molecule has 0 spiro atoms. The molecule has 10 heteroatoms. The molecule has 2 aromatic heterocycles. The van der Waals surface area contributed by atoms with Gasteiger partial charge in [0.2, 0.25) is 5.92 Å². The van der Waals surface area contributed by atoms with Crippen molar-refractivity contribution >= 4 is 27.7 Å². The topological polar surface area (TPSA) is 83.5 Å². The number of aromatic amines is 1. The number of aromatic nitrogens is 3. The fourth-order valence-electron chi connectivity index (χ4n) is 6.13. The molecule has 38 heavy (non-hydrogen) atoms. The van der Waals surface area contributed by atoms with Gasteiger partial charge < -0.3 is 14.6 Å². The summed E-state index contributed by atoms with van der Waals surface area (Å²) in [5, 5.41) is 5.59. The lowest BCUT2D eigenvalue weighted by molar-refractivity contribution is -0.0445. The first-order valence-corrected chi connectivity index (χ1v) is 13.7. The maximum absolute atomic E-state index is 13.8. The molecular formula is C28H37F2N5O3. The molecule has 2 fully saturated rings. The van der Waals surface area contributed by atoms with E-state index in [0.29, 0.717) is 59.3 Å². The Morgan fingerprint density at radius 2 is 1.89 bits per heavy atom. The lowest BCUT2D eigenvalue weighted by Crippen LogP contribution is -2.52. The summed E-state index contributed by atoms with van der Waals surface area (Å²) in [5.41, 5.74) is 2.34. The highest BCUT2D eigenvalue weighted by atomic mass is 19.3. The molecule has 5 rings (SSSR count). The van der Waals surface area contributed by atoms with Gasteiger partial charge in [-0.15, -0.1) is 0 Å². The zero-order valence-corrected chi connectivity index (χ0v) is 22.4. The van der Waals surface area contributed by atoms with E-state index >= 15 is 0 Å². The second-order valence-corrected chi connectivity index (χ2v) is 10.8. The van der Waals surface area contributed by atoms with Crippen LogP contribution in [0.15, 0.2) is 23.1 Å². The average molecular weight is 530 g/mol. The van der Waals surface area contributed by atoms with Crippen LogP contribution < -0.4 is 5.56 Å². The summed E-state index contributed by atoms with van der Waals surface area (Å²) >= 11 is 0. The molecule has 1 amide bonds. The van der Waals surface area contributed by atoms with Gasteiger partial charge in [0.05, 0.1) is 28.7 Å². The lowest BCUT2D eigenvalue weighted by atomic mass is 9.92. The number of carbonyl (C=O) groups excluding carboxylic acids is 1. The number of benzene rings is 1. The second kappa shape index (κ2) is 10.7. The number of halogens is 2. The van der Waals surface area contributed by atoms with Crippen molar-refractivity contribution in [3.63, 3.8) is 0 Å². The van der Waals surface area contributed by atoms with E-state index in [9.17, 15) is 18.4 Å². The van der Waals surface area contributed by atoms with E-state index in [1.54, 1.807) is 11.8 Å². The molecule has 1 aliphatic carbocycles. The lowest BCUT2D eigenvalue weighted by Gasteiger charge is -2.39. The van der Waals surface area contributed by atoms with Crippen molar-refractivity contribution in [2.24, 2.45) is 0 Å². The number of rotatable bonds is 7. The summed E-state index contributed by atoms with van der Waals surface area (Å²) in [5.74, 6) is -2.68. The van der Waals surface area contributed by atoms with Crippen molar-refractivity contribution < 1.29 is 18.3 Å². The molecular weight excluding hydrogens is 492 g/mol. The van der Waals surface area contributed by atoms with Gasteiger partial charge in [0.25, 0.3) is 11.5 Å². The van der Waals surface area contributed by atoms with Gasteiger partial charge in [-0.05, 0) is 50.3 Å². The molecule has 0 bridgehead atoms. The van der Waals surface area contributed by atoms with Gasteiger partial charge in [0, 0.05) is 69.7 Å².